The van der Waals surface area contributed by atoms with Crippen molar-refractivity contribution in [3.63, 3.8) is 0 Å². The summed E-state index contributed by atoms with van der Waals surface area (Å²) >= 11 is 0. The zero-order valence-electron chi connectivity index (χ0n) is 34.4. The second-order valence-electron chi connectivity index (χ2n) is 16.8. The van der Waals surface area contributed by atoms with Crippen LogP contribution in [0.15, 0.2) is 0 Å². The van der Waals surface area contributed by atoms with Gasteiger partial charge in [0.15, 0.2) is 5.79 Å². The van der Waals surface area contributed by atoms with Gasteiger partial charge >= 0.3 is 17.9 Å². The fourth-order valence-electron chi connectivity index (χ4n) is 5.15. The molecule has 12 nitrogen and oxygen atoms in total. The fourth-order valence-corrected chi connectivity index (χ4v) is 5.15. The van der Waals surface area contributed by atoms with Gasteiger partial charge < -0.3 is 39.0 Å². The van der Waals surface area contributed by atoms with Gasteiger partial charge in [-0.05, 0) is 102 Å². The molecular weight excluding hydrogens is 660 g/mol. The molecule has 0 amide bonds. The maximum atomic E-state index is 11.9. The molecule has 0 saturated carbocycles. The number of hydrogen-bond donors (Lipinski definition) is 3. The van der Waals surface area contributed by atoms with Gasteiger partial charge in [-0.3, -0.25) is 19.2 Å². The van der Waals surface area contributed by atoms with E-state index in [4.69, 9.17) is 23.7 Å². The summed E-state index contributed by atoms with van der Waals surface area (Å²) in [5.74, 6) is -2.05. The second kappa shape index (κ2) is 24.2. The molecule has 1 aliphatic rings. The van der Waals surface area contributed by atoms with E-state index in [1.807, 2.05) is 48.5 Å². The van der Waals surface area contributed by atoms with Crippen LogP contribution in [0.3, 0.4) is 0 Å². The summed E-state index contributed by atoms with van der Waals surface area (Å²) in [5, 5.41) is 28.4. The highest BCUT2D eigenvalue weighted by Crippen LogP contribution is 2.30. The Bertz CT molecular complexity index is 1000. The number of ketones is 1. The lowest BCUT2D eigenvalue weighted by atomic mass is 10.0. The van der Waals surface area contributed by atoms with E-state index in [-0.39, 0.29) is 49.6 Å². The summed E-state index contributed by atoms with van der Waals surface area (Å²) in [7, 11) is 0. The van der Waals surface area contributed by atoms with Crippen LogP contribution in [0, 0.1) is 0 Å². The molecule has 0 aromatic rings. The van der Waals surface area contributed by atoms with E-state index in [2.05, 4.69) is 6.92 Å². The van der Waals surface area contributed by atoms with Crippen LogP contribution in [0.2, 0.25) is 0 Å². The number of ether oxygens (including phenoxy) is 5. The topological polar surface area (TPSA) is 175 Å². The minimum absolute atomic E-state index is 0.0348. The summed E-state index contributed by atoms with van der Waals surface area (Å²) < 4.78 is 27.1. The number of carbonyl (C=O) groups excluding carboxylic acids is 4. The number of esters is 3. The van der Waals surface area contributed by atoms with E-state index in [0.29, 0.717) is 19.3 Å². The zero-order valence-corrected chi connectivity index (χ0v) is 34.4. The third-order valence-corrected chi connectivity index (χ3v) is 6.69. The molecule has 0 spiro atoms. The molecule has 12 heteroatoms. The normalized spacial score (nSPS) is 19.2. The van der Waals surface area contributed by atoms with Crippen molar-refractivity contribution >= 4 is 23.7 Å². The van der Waals surface area contributed by atoms with Gasteiger partial charge in [0.1, 0.15) is 29.0 Å². The lowest BCUT2D eigenvalue weighted by Gasteiger charge is -2.40. The summed E-state index contributed by atoms with van der Waals surface area (Å²) in [6.07, 6.45) is 4.04. The van der Waals surface area contributed by atoms with Gasteiger partial charge in [-0.1, -0.05) is 40.0 Å². The summed E-state index contributed by atoms with van der Waals surface area (Å²) in [4.78, 5) is 45.9. The van der Waals surface area contributed by atoms with Gasteiger partial charge in [0, 0.05) is 12.8 Å². The first kappa shape index (κ1) is 51.0. The van der Waals surface area contributed by atoms with Crippen LogP contribution in [-0.4, -0.2) is 92.1 Å². The lowest BCUT2D eigenvalue weighted by molar-refractivity contribution is -0.300. The van der Waals surface area contributed by atoms with Crippen LogP contribution in [0.5, 0.6) is 0 Å². The molecule has 3 N–H and O–H groups in total. The lowest BCUT2D eigenvalue weighted by Crippen LogP contribution is -2.45. The monoisotopic (exact) mass is 735 g/mol. The van der Waals surface area contributed by atoms with Crippen LogP contribution in [0.25, 0.3) is 0 Å². The third kappa shape index (κ3) is 32.3. The third-order valence-electron chi connectivity index (χ3n) is 6.69. The molecule has 1 aliphatic heterocycles. The molecule has 0 aromatic heterocycles. The van der Waals surface area contributed by atoms with E-state index >= 15 is 0 Å². The van der Waals surface area contributed by atoms with Crippen LogP contribution in [0.4, 0.5) is 0 Å². The van der Waals surface area contributed by atoms with Crippen molar-refractivity contribution in [2.24, 2.45) is 0 Å². The van der Waals surface area contributed by atoms with Gasteiger partial charge in [0.2, 0.25) is 0 Å². The van der Waals surface area contributed by atoms with Gasteiger partial charge in [-0.15, -0.1) is 0 Å². The molecule has 1 heterocycles. The Morgan fingerprint density at radius 3 is 1.57 bits per heavy atom. The first-order valence-corrected chi connectivity index (χ1v) is 18.7. The van der Waals surface area contributed by atoms with Gasteiger partial charge in [-0.25, -0.2) is 0 Å². The SMILES string of the molecule is CCC[C@@H](O)CC(=O)CC(=O)OC(C)(C)C.CCC[C@@H](O)C[C@@H](O)CC(=O)OC(C)(C)C.CCC[C@@H]1C[C@H](CC(=O)OC(C)(C)C)OC(C)(C)O1. The molecule has 1 rings (SSSR count). The molecular formula is C39H74O12. The fraction of sp³-hybridized carbons (Fsp3) is 0.897. The summed E-state index contributed by atoms with van der Waals surface area (Å²) in [5.41, 5.74) is -1.54. The van der Waals surface area contributed by atoms with E-state index < -0.39 is 52.8 Å². The number of rotatable bonds is 16. The molecule has 1 fully saturated rings. The average Bonchev–Trinajstić information content (AvgIpc) is 2.85. The average molecular weight is 735 g/mol. The standard InChI is InChI=1S/C15H28O4.C12H24O4.C12H22O4/c1-7-8-11-9-12(18-15(5,6)17-11)10-13(16)19-14(2,3)4;2*1-5-6-9(13)7-10(14)8-11(15)16-12(2,3)4/h11-12H,7-10H2,1-6H3;9-10,13-14H,5-8H2,1-4H3;9,13H,5-8H2,1-4H3/t11-,12-;9-,10-;9-/m111/s1. The van der Waals surface area contributed by atoms with Crippen LogP contribution < -0.4 is 0 Å². The predicted octanol–water partition coefficient (Wildman–Crippen LogP) is 6.90. The quantitative estimate of drug-likeness (QED) is 0.0852. The Morgan fingerprint density at radius 1 is 0.647 bits per heavy atom. The minimum Gasteiger partial charge on any atom is -0.460 e. The van der Waals surface area contributed by atoms with Crippen LogP contribution in [0.1, 0.15) is 174 Å². The molecule has 0 radical (unpaired) electrons. The Balaban J connectivity index is 0. The Kier molecular flexibility index (Phi) is 24.2. The summed E-state index contributed by atoms with van der Waals surface area (Å²) in [6, 6.07) is 0. The minimum atomic E-state index is -0.823. The van der Waals surface area contributed by atoms with Crippen molar-refractivity contribution in [3.05, 3.63) is 0 Å². The molecule has 0 aliphatic carbocycles. The van der Waals surface area contributed by atoms with Crippen molar-refractivity contribution < 1.29 is 58.2 Å². The van der Waals surface area contributed by atoms with Crippen LogP contribution in [-0.2, 0) is 42.9 Å². The van der Waals surface area contributed by atoms with Crippen molar-refractivity contribution in [2.45, 2.75) is 227 Å². The first-order valence-electron chi connectivity index (χ1n) is 18.7. The molecule has 51 heavy (non-hydrogen) atoms. The molecule has 1 saturated heterocycles. The van der Waals surface area contributed by atoms with Gasteiger partial charge in [0.25, 0.3) is 0 Å². The zero-order chi connectivity index (χ0) is 40.2. The number of hydrogen-bond acceptors (Lipinski definition) is 12. The Labute approximate surface area is 308 Å². The summed E-state index contributed by atoms with van der Waals surface area (Å²) in [6.45, 7) is 26.0. The van der Waals surface area contributed by atoms with E-state index in [1.165, 1.54) is 0 Å². The molecule has 302 valence electrons. The van der Waals surface area contributed by atoms with E-state index in [9.17, 15) is 34.5 Å². The highest BCUT2D eigenvalue weighted by atomic mass is 16.7. The largest absolute Gasteiger partial charge is 0.460 e. The van der Waals surface area contributed by atoms with Crippen LogP contribution >= 0.6 is 0 Å². The predicted molar refractivity (Wildman–Crippen MR) is 197 cm³/mol. The molecule has 0 unspecified atom stereocenters. The number of Topliss-reactive ketones (excluding diaryl/α,β-unsaturated/α-hetero) is 1. The van der Waals surface area contributed by atoms with Crippen molar-refractivity contribution in [1.29, 1.82) is 0 Å². The highest BCUT2D eigenvalue weighted by Gasteiger charge is 2.36. The maximum absolute atomic E-state index is 11.9. The Hall–Kier alpha value is -2.12. The maximum Gasteiger partial charge on any atom is 0.313 e. The van der Waals surface area contributed by atoms with E-state index in [1.54, 1.807) is 41.5 Å². The van der Waals surface area contributed by atoms with Crippen molar-refractivity contribution in [3.8, 4) is 0 Å². The number of aliphatic hydroxyl groups excluding tert-OH is 3. The molecule has 0 bridgehead atoms. The van der Waals surface area contributed by atoms with Crippen molar-refractivity contribution in [2.75, 3.05) is 0 Å². The second-order valence-corrected chi connectivity index (χ2v) is 16.8. The van der Waals surface area contributed by atoms with Crippen molar-refractivity contribution in [1.82, 2.24) is 0 Å². The van der Waals surface area contributed by atoms with Gasteiger partial charge in [0.05, 0.1) is 43.4 Å². The van der Waals surface area contributed by atoms with Gasteiger partial charge in [-0.2, -0.15) is 0 Å². The molecule has 5 atom stereocenters. The highest BCUT2D eigenvalue weighted by molar-refractivity contribution is 5.95. The number of carbonyl (C=O) groups is 4. The smallest absolute Gasteiger partial charge is 0.313 e. The first-order chi connectivity index (χ1) is 23.1. The molecule has 0 aromatic carbocycles. The van der Waals surface area contributed by atoms with E-state index in [0.717, 1.165) is 32.1 Å². The number of aliphatic hydroxyl groups is 3. The Morgan fingerprint density at radius 2 is 1.10 bits per heavy atom.